The molecule has 2 N–H and O–H groups in total. The summed E-state index contributed by atoms with van der Waals surface area (Å²) in [6.07, 6.45) is 0.793. The van der Waals surface area contributed by atoms with Gasteiger partial charge in [0.1, 0.15) is 0 Å². The second kappa shape index (κ2) is 10.2. The molecule has 3 aromatic rings. The summed E-state index contributed by atoms with van der Waals surface area (Å²) >= 11 is 0. The zero-order valence-electron chi connectivity index (χ0n) is 15.9. The van der Waals surface area contributed by atoms with E-state index in [2.05, 4.69) is 20.8 Å². The average Bonchev–Trinajstić information content (AvgIpc) is 2.75. The number of nitrogens with one attached hydrogen (secondary N) is 2. The number of carbonyl (C=O) groups excluding carboxylic acids is 1. The van der Waals surface area contributed by atoms with Crippen LogP contribution in [0.15, 0.2) is 66.7 Å². The minimum absolute atomic E-state index is 0.106. The standard InChI is InChI=1S/C22H24N4O2/c1-2-28-15-7-14-23-22(27)18-10-6-11-19(16-18)24-21-13-12-20(25-26-21)17-8-4-3-5-9-17/h3-6,8-13,16H,2,7,14-15H2,1H3,(H,23,27)(H,24,26). The molecule has 0 aliphatic heterocycles. The lowest BCUT2D eigenvalue weighted by atomic mass is 10.1. The number of carbonyl (C=O) groups is 1. The third-order valence-electron chi connectivity index (χ3n) is 4.09. The minimum atomic E-state index is -0.106. The molecule has 6 heteroatoms. The second-order valence-electron chi connectivity index (χ2n) is 6.18. The predicted octanol–water partition coefficient (Wildman–Crippen LogP) is 4.04. The number of hydrogen-bond acceptors (Lipinski definition) is 5. The van der Waals surface area contributed by atoms with Gasteiger partial charge in [-0.15, -0.1) is 10.2 Å². The molecule has 3 rings (SSSR count). The number of aromatic nitrogens is 2. The van der Waals surface area contributed by atoms with Gasteiger partial charge in [0, 0.05) is 36.6 Å². The van der Waals surface area contributed by atoms with Crippen molar-refractivity contribution in [2.45, 2.75) is 13.3 Å². The zero-order chi connectivity index (χ0) is 19.6. The normalized spacial score (nSPS) is 10.5. The highest BCUT2D eigenvalue weighted by Gasteiger charge is 2.07. The van der Waals surface area contributed by atoms with Crippen molar-refractivity contribution < 1.29 is 9.53 Å². The summed E-state index contributed by atoms with van der Waals surface area (Å²) in [5.74, 6) is 0.514. The van der Waals surface area contributed by atoms with E-state index < -0.39 is 0 Å². The van der Waals surface area contributed by atoms with E-state index in [1.54, 1.807) is 12.1 Å². The molecule has 0 fully saturated rings. The summed E-state index contributed by atoms with van der Waals surface area (Å²) in [6, 6.07) is 21.0. The quantitative estimate of drug-likeness (QED) is 0.551. The number of benzene rings is 2. The Labute approximate surface area is 165 Å². The number of anilines is 2. The van der Waals surface area contributed by atoms with Crippen LogP contribution in [0.5, 0.6) is 0 Å². The number of rotatable bonds is 9. The fourth-order valence-electron chi connectivity index (χ4n) is 2.67. The van der Waals surface area contributed by atoms with E-state index in [-0.39, 0.29) is 5.91 Å². The first kappa shape index (κ1) is 19.5. The number of hydrogen-bond donors (Lipinski definition) is 2. The summed E-state index contributed by atoms with van der Waals surface area (Å²) in [5, 5.41) is 14.6. The van der Waals surface area contributed by atoms with E-state index in [0.29, 0.717) is 31.1 Å². The van der Waals surface area contributed by atoms with Gasteiger partial charge < -0.3 is 15.4 Å². The Hall–Kier alpha value is -3.25. The van der Waals surface area contributed by atoms with Crippen LogP contribution in [0.4, 0.5) is 11.5 Å². The molecule has 0 aliphatic rings. The van der Waals surface area contributed by atoms with Crippen LogP contribution >= 0.6 is 0 Å². The SMILES string of the molecule is CCOCCCNC(=O)c1cccc(Nc2ccc(-c3ccccc3)nn2)c1. The van der Waals surface area contributed by atoms with Crippen LogP contribution in [0.3, 0.4) is 0 Å². The zero-order valence-corrected chi connectivity index (χ0v) is 15.9. The van der Waals surface area contributed by atoms with Crippen molar-refractivity contribution >= 4 is 17.4 Å². The largest absolute Gasteiger partial charge is 0.382 e. The molecule has 0 saturated heterocycles. The van der Waals surface area contributed by atoms with Gasteiger partial charge in [-0.1, -0.05) is 36.4 Å². The van der Waals surface area contributed by atoms with Crippen LogP contribution in [0.1, 0.15) is 23.7 Å². The van der Waals surface area contributed by atoms with Gasteiger partial charge in [0.25, 0.3) is 5.91 Å². The predicted molar refractivity (Wildman–Crippen MR) is 111 cm³/mol. The summed E-state index contributed by atoms with van der Waals surface area (Å²) in [7, 11) is 0. The minimum Gasteiger partial charge on any atom is -0.382 e. The van der Waals surface area contributed by atoms with E-state index in [1.807, 2.05) is 61.5 Å². The summed E-state index contributed by atoms with van der Waals surface area (Å²) in [6.45, 7) is 3.88. The lowest BCUT2D eigenvalue weighted by Crippen LogP contribution is -2.25. The molecule has 28 heavy (non-hydrogen) atoms. The van der Waals surface area contributed by atoms with Crippen molar-refractivity contribution in [3.63, 3.8) is 0 Å². The van der Waals surface area contributed by atoms with E-state index >= 15 is 0 Å². The lowest BCUT2D eigenvalue weighted by Gasteiger charge is -2.09. The fraction of sp³-hybridized carbons (Fsp3) is 0.227. The average molecular weight is 376 g/mol. The van der Waals surface area contributed by atoms with Gasteiger partial charge in [-0.25, -0.2) is 0 Å². The molecule has 0 aliphatic carbocycles. The molecular weight excluding hydrogens is 352 g/mol. The maximum absolute atomic E-state index is 12.3. The molecule has 144 valence electrons. The van der Waals surface area contributed by atoms with Gasteiger partial charge in [-0.2, -0.15) is 0 Å². The van der Waals surface area contributed by atoms with Crippen molar-refractivity contribution in [2.75, 3.05) is 25.1 Å². The highest BCUT2D eigenvalue weighted by atomic mass is 16.5. The van der Waals surface area contributed by atoms with Gasteiger partial charge in [-0.3, -0.25) is 4.79 Å². The van der Waals surface area contributed by atoms with Gasteiger partial charge >= 0.3 is 0 Å². The van der Waals surface area contributed by atoms with Crippen LogP contribution in [0.25, 0.3) is 11.3 Å². The van der Waals surface area contributed by atoms with E-state index in [4.69, 9.17) is 4.74 Å². The Morgan fingerprint density at radius 3 is 2.61 bits per heavy atom. The topological polar surface area (TPSA) is 76.1 Å². The molecular formula is C22H24N4O2. The molecule has 1 amide bonds. The van der Waals surface area contributed by atoms with Gasteiger partial charge in [-0.05, 0) is 43.7 Å². The van der Waals surface area contributed by atoms with Gasteiger partial charge in [0.15, 0.2) is 5.82 Å². The lowest BCUT2D eigenvalue weighted by molar-refractivity contribution is 0.0944. The van der Waals surface area contributed by atoms with Crippen molar-refractivity contribution in [1.29, 1.82) is 0 Å². The van der Waals surface area contributed by atoms with Crippen LogP contribution in [0, 0.1) is 0 Å². The first-order valence-corrected chi connectivity index (χ1v) is 9.38. The van der Waals surface area contributed by atoms with Gasteiger partial charge in [0.2, 0.25) is 0 Å². The molecule has 0 bridgehead atoms. The Kier molecular flexibility index (Phi) is 7.09. The number of ether oxygens (including phenoxy) is 1. The second-order valence-corrected chi connectivity index (χ2v) is 6.18. The third-order valence-corrected chi connectivity index (χ3v) is 4.09. The highest BCUT2D eigenvalue weighted by molar-refractivity contribution is 5.95. The van der Waals surface area contributed by atoms with Crippen LogP contribution in [-0.2, 0) is 4.74 Å². The Morgan fingerprint density at radius 1 is 1.00 bits per heavy atom. The maximum atomic E-state index is 12.3. The molecule has 2 aromatic carbocycles. The maximum Gasteiger partial charge on any atom is 0.251 e. The monoisotopic (exact) mass is 376 g/mol. The third kappa shape index (κ3) is 5.62. The highest BCUT2D eigenvalue weighted by Crippen LogP contribution is 2.19. The molecule has 0 unspecified atom stereocenters. The number of nitrogens with zero attached hydrogens (tertiary/aromatic N) is 2. The van der Waals surface area contributed by atoms with E-state index in [9.17, 15) is 4.79 Å². The summed E-state index contributed by atoms with van der Waals surface area (Å²) in [5.41, 5.74) is 3.20. The Morgan fingerprint density at radius 2 is 1.86 bits per heavy atom. The van der Waals surface area contributed by atoms with Crippen LogP contribution in [0.2, 0.25) is 0 Å². The molecule has 0 spiro atoms. The molecule has 1 aromatic heterocycles. The van der Waals surface area contributed by atoms with E-state index in [0.717, 1.165) is 23.4 Å². The van der Waals surface area contributed by atoms with Gasteiger partial charge in [0.05, 0.1) is 5.69 Å². The smallest absolute Gasteiger partial charge is 0.251 e. The van der Waals surface area contributed by atoms with Crippen molar-refractivity contribution in [3.8, 4) is 11.3 Å². The van der Waals surface area contributed by atoms with Crippen LogP contribution in [-0.4, -0.2) is 35.9 Å². The van der Waals surface area contributed by atoms with Crippen molar-refractivity contribution in [3.05, 3.63) is 72.3 Å². The van der Waals surface area contributed by atoms with E-state index in [1.165, 1.54) is 0 Å². The molecule has 0 saturated carbocycles. The van der Waals surface area contributed by atoms with Crippen molar-refractivity contribution in [2.24, 2.45) is 0 Å². The first-order chi connectivity index (χ1) is 13.8. The molecule has 6 nitrogen and oxygen atoms in total. The summed E-state index contributed by atoms with van der Waals surface area (Å²) < 4.78 is 5.27. The number of amides is 1. The molecule has 1 heterocycles. The Bertz CT molecular complexity index is 883. The summed E-state index contributed by atoms with van der Waals surface area (Å²) in [4.78, 5) is 12.3. The first-order valence-electron chi connectivity index (χ1n) is 9.38. The van der Waals surface area contributed by atoms with Crippen LogP contribution < -0.4 is 10.6 Å². The Balaban J connectivity index is 1.59. The molecule has 0 radical (unpaired) electrons. The molecule has 0 atom stereocenters. The van der Waals surface area contributed by atoms with Crippen molar-refractivity contribution in [1.82, 2.24) is 15.5 Å². The fourth-order valence-corrected chi connectivity index (χ4v) is 2.67.